The summed E-state index contributed by atoms with van der Waals surface area (Å²) in [6.45, 7) is 0. The summed E-state index contributed by atoms with van der Waals surface area (Å²) >= 11 is 0. The van der Waals surface area contributed by atoms with E-state index in [1.807, 2.05) is 0 Å². The Morgan fingerprint density at radius 1 is 0.760 bits per heavy atom. The Morgan fingerprint density at radius 3 is 2.00 bits per heavy atom. The monoisotopic (exact) mass is 352 g/mol. The quantitative estimate of drug-likeness (QED) is 0.712. The van der Waals surface area contributed by atoms with Gasteiger partial charge >= 0.3 is 0 Å². The van der Waals surface area contributed by atoms with E-state index in [-0.39, 0.29) is 27.5 Å². The van der Waals surface area contributed by atoms with E-state index >= 15 is 0 Å². The average Bonchev–Trinajstić information content (AvgIpc) is 2.62. The van der Waals surface area contributed by atoms with Crippen LogP contribution in [0.25, 0.3) is 0 Å². The number of para-hydroxylation sites is 1. The fraction of sp³-hybridized carbons (Fsp3) is 0.0500. The maximum absolute atomic E-state index is 12.8. The van der Waals surface area contributed by atoms with Crippen LogP contribution in [0, 0.1) is 0 Å². The highest BCUT2D eigenvalue weighted by molar-refractivity contribution is 7.90. The molecular weight excluding hydrogens is 336 g/mol. The summed E-state index contributed by atoms with van der Waals surface area (Å²) in [5, 5.41) is 9.90. The Balaban J connectivity index is 2.00. The van der Waals surface area contributed by atoms with Gasteiger partial charge in [0.15, 0.2) is 15.6 Å². The van der Waals surface area contributed by atoms with Crippen molar-refractivity contribution in [3.05, 3.63) is 95.6 Å². The van der Waals surface area contributed by atoms with Crippen LogP contribution in [0.5, 0.6) is 5.75 Å². The van der Waals surface area contributed by atoms with Crippen LogP contribution in [-0.2, 0) is 15.6 Å². The molecule has 0 aliphatic carbocycles. The molecule has 0 unspecified atom stereocenters. The van der Waals surface area contributed by atoms with Gasteiger partial charge in [0.25, 0.3) is 0 Å². The molecule has 0 aromatic heterocycles. The Labute approximate surface area is 146 Å². The summed E-state index contributed by atoms with van der Waals surface area (Å²) in [5.74, 6) is -0.822. The van der Waals surface area contributed by atoms with Crippen LogP contribution in [-0.4, -0.2) is 19.3 Å². The maximum atomic E-state index is 12.8. The summed E-state index contributed by atoms with van der Waals surface area (Å²) in [6, 6.07) is 20.9. The lowest BCUT2D eigenvalue weighted by atomic mass is 9.98. The molecule has 126 valence electrons. The van der Waals surface area contributed by atoms with Crippen molar-refractivity contribution < 1.29 is 18.3 Å². The van der Waals surface area contributed by atoms with Crippen LogP contribution in [0.1, 0.15) is 21.5 Å². The van der Waals surface area contributed by atoms with Crippen molar-refractivity contribution in [3.63, 3.8) is 0 Å². The van der Waals surface area contributed by atoms with Gasteiger partial charge in [0.2, 0.25) is 0 Å². The Bertz CT molecular complexity index is 1010. The van der Waals surface area contributed by atoms with E-state index in [9.17, 15) is 18.3 Å². The molecule has 0 fully saturated rings. The lowest BCUT2D eigenvalue weighted by Gasteiger charge is -2.10. The van der Waals surface area contributed by atoms with Crippen molar-refractivity contribution in [2.24, 2.45) is 0 Å². The van der Waals surface area contributed by atoms with E-state index < -0.39 is 15.6 Å². The molecule has 0 atom stereocenters. The third-order valence-electron chi connectivity index (χ3n) is 3.86. The molecule has 0 saturated carbocycles. The normalized spacial score (nSPS) is 11.2. The summed E-state index contributed by atoms with van der Waals surface area (Å²) in [7, 11) is -3.58. The number of phenolic OH excluding ortho intramolecular Hbond substituents is 1. The highest BCUT2D eigenvalue weighted by atomic mass is 32.2. The summed E-state index contributed by atoms with van der Waals surface area (Å²) in [5.41, 5.74) is 0.815. The van der Waals surface area contributed by atoms with Gasteiger partial charge in [-0.05, 0) is 29.8 Å². The van der Waals surface area contributed by atoms with Crippen LogP contribution in [0.3, 0.4) is 0 Å². The first-order valence-corrected chi connectivity index (χ1v) is 9.33. The first-order valence-electron chi connectivity index (χ1n) is 7.67. The highest BCUT2D eigenvalue weighted by Crippen LogP contribution is 2.24. The fourth-order valence-corrected chi connectivity index (χ4v) is 3.99. The number of carbonyl (C=O) groups is 1. The third-order valence-corrected chi connectivity index (χ3v) is 5.54. The number of phenols is 1. The van der Waals surface area contributed by atoms with Crippen LogP contribution in [0.15, 0.2) is 83.8 Å². The van der Waals surface area contributed by atoms with Crippen molar-refractivity contribution in [1.82, 2.24) is 0 Å². The van der Waals surface area contributed by atoms with Crippen molar-refractivity contribution >= 4 is 15.6 Å². The first kappa shape index (κ1) is 16.9. The molecule has 5 heteroatoms. The number of ketones is 1. The van der Waals surface area contributed by atoms with Gasteiger partial charge in [-0.2, -0.15) is 0 Å². The van der Waals surface area contributed by atoms with Gasteiger partial charge < -0.3 is 5.11 Å². The number of benzene rings is 3. The second-order valence-corrected chi connectivity index (χ2v) is 7.57. The molecule has 3 rings (SSSR count). The first-order chi connectivity index (χ1) is 12.0. The Morgan fingerprint density at radius 2 is 1.32 bits per heavy atom. The predicted octanol–water partition coefficient (Wildman–Crippen LogP) is 3.60. The minimum Gasteiger partial charge on any atom is -0.507 e. The number of sulfone groups is 1. The second kappa shape index (κ2) is 6.91. The largest absolute Gasteiger partial charge is 0.507 e. The van der Waals surface area contributed by atoms with E-state index in [1.165, 1.54) is 24.3 Å². The summed E-state index contributed by atoms with van der Waals surface area (Å²) in [4.78, 5) is 13.0. The summed E-state index contributed by atoms with van der Waals surface area (Å²) < 4.78 is 25.2. The molecule has 3 aromatic rings. The molecule has 4 nitrogen and oxygen atoms in total. The SMILES string of the molecule is O=C(c1ccccc1O)c1ccccc1CS(=O)(=O)c1ccccc1. The van der Waals surface area contributed by atoms with Gasteiger partial charge in [-0.25, -0.2) is 8.42 Å². The zero-order chi connectivity index (χ0) is 17.9. The molecule has 0 bridgehead atoms. The number of hydrogen-bond donors (Lipinski definition) is 1. The molecule has 0 saturated heterocycles. The van der Waals surface area contributed by atoms with Crippen LogP contribution in [0.4, 0.5) is 0 Å². The van der Waals surface area contributed by atoms with E-state index in [4.69, 9.17) is 0 Å². The van der Waals surface area contributed by atoms with Gasteiger partial charge in [-0.1, -0.05) is 54.6 Å². The molecule has 25 heavy (non-hydrogen) atoms. The smallest absolute Gasteiger partial charge is 0.197 e. The Kier molecular flexibility index (Phi) is 4.67. The van der Waals surface area contributed by atoms with Crippen LogP contribution < -0.4 is 0 Å². The summed E-state index contributed by atoms with van der Waals surface area (Å²) in [6.07, 6.45) is 0. The molecule has 0 amide bonds. The number of aromatic hydroxyl groups is 1. The zero-order valence-electron chi connectivity index (χ0n) is 13.3. The number of rotatable bonds is 5. The minimum absolute atomic E-state index is 0.131. The Hall–Kier alpha value is -2.92. The third kappa shape index (κ3) is 3.61. The van der Waals surface area contributed by atoms with Crippen molar-refractivity contribution in [2.45, 2.75) is 10.6 Å². The predicted molar refractivity (Wildman–Crippen MR) is 95.3 cm³/mol. The number of carbonyl (C=O) groups excluding carboxylic acids is 1. The molecule has 0 aliphatic rings. The fourth-order valence-electron chi connectivity index (χ4n) is 2.59. The minimum atomic E-state index is -3.58. The lowest BCUT2D eigenvalue weighted by Crippen LogP contribution is -2.11. The van der Waals surface area contributed by atoms with Gasteiger partial charge in [0, 0.05) is 5.56 Å². The molecule has 0 radical (unpaired) electrons. The maximum Gasteiger partial charge on any atom is 0.197 e. The zero-order valence-corrected chi connectivity index (χ0v) is 14.1. The standard InChI is InChI=1S/C20H16O4S/c21-19-13-7-6-12-18(19)20(22)17-11-5-4-8-15(17)14-25(23,24)16-9-2-1-3-10-16/h1-13,21H,14H2. The van der Waals surface area contributed by atoms with E-state index in [2.05, 4.69) is 0 Å². The second-order valence-electron chi connectivity index (χ2n) is 5.58. The molecule has 0 spiro atoms. The van der Waals surface area contributed by atoms with Gasteiger partial charge in [0.05, 0.1) is 16.2 Å². The molecule has 3 aromatic carbocycles. The van der Waals surface area contributed by atoms with E-state index in [0.717, 1.165) is 0 Å². The molecular formula is C20H16O4S. The van der Waals surface area contributed by atoms with E-state index in [1.54, 1.807) is 54.6 Å². The average molecular weight is 352 g/mol. The van der Waals surface area contributed by atoms with Crippen LogP contribution in [0.2, 0.25) is 0 Å². The lowest BCUT2D eigenvalue weighted by molar-refractivity contribution is 0.103. The van der Waals surface area contributed by atoms with Crippen molar-refractivity contribution in [3.8, 4) is 5.75 Å². The van der Waals surface area contributed by atoms with E-state index in [0.29, 0.717) is 5.56 Å². The topological polar surface area (TPSA) is 71.4 Å². The highest BCUT2D eigenvalue weighted by Gasteiger charge is 2.21. The molecule has 1 N–H and O–H groups in total. The molecule has 0 heterocycles. The van der Waals surface area contributed by atoms with Crippen LogP contribution >= 0.6 is 0 Å². The van der Waals surface area contributed by atoms with Gasteiger partial charge in [0.1, 0.15) is 5.75 Å². The number of hydrogen-bond acceptors (Lipinski definition) is 4. The van der Waals surface area contributed by atoms with Crippen molar-refractivity contribution in [2.75, 3.05) is 0 Å². The van der Waals surface area contributed by atoms with Gasteiger partial charge in [-0.15, -0.1) is 0 Å². The van der Waals surface area contributed by atoms with Crippen molar-refractivity contribution in [1.29, 1.82) is 0 Å². The van der Waals surface area contributed by atoms with Gasteiger partial charge in [-0.3, -0.25) is 4.79 Å². The molecule has 0 aliphatic heterocycles.